The third-order valence-electron chi connectivity index (χ3n) is 6.51. The molecule has 0 aromatic heterocycles. The molecule has 0 amide bonds. The van der Waals surface area contributed by atoms with Crippen molar-refractivity contribution < 1.29 is 68.0 Å². The SMILES string of the molecule is CCOC(=O)/C(=C/c1cc2c(cc1OC)CCC2)N=[N+]=[N-].CCOC(=O)CN=[N+]=[N-].CC[O-].COc1cc2c(cc1C=O)CCC2.[Na+]. The first-order chi connectivity index (χ1) is 22.3. The van der Waals surface area contributed by atoms with E-state index in [1.165, 1.54) is 34.8 Å². The van der Waals surface area contributed by atoms with E-state index in [4.69, 9.17) is 30.4 Å². The second kappa shape index (κ2) is 25.1. The number of hydrogen-bond donors (Lipinski definition) is 0. The van der Waals surface area contributed by atoms with Crippen molar-refractivity contribution in [2.75, 3.05) is 40.6 Å². The summed E-state index contributed by atoms with van der Waals surface area (Å²) < 4.78 is 19.8. The Morgan fingerprint density at radius 1 is 0.830 bits per heavy atom. The number of hydrogen-bond acceptors (Lipinski definition) is 10. The molecule has 2 aliphatic carbocycles. The Morgan fingerprint density at radius 3 is 1.72 bits per heavy atom. The maximum atomic E-state index is 11.8. The fraction of sp³-hybridized carbons (Fsp3) is 0.469. The number of azide groups is 2. The predicted octanol–water partition coefficient (Wildman–Crippen LogP) is 2.63. The maximum Gasteiger partial charge on any atom is 1.00 e. The monoisotopic (exact) mass is 660 g/mol. The van der Waals surface area contributed by atoms with Crippen LogP contribution in [-0.2, 0) is 44.7 Å². The van der Waals surface area contributed by atoms with Gasteiger partial charge in [0.2, 0.25) is 0 Å². The predicted molar refractivity (Wildman–Crippen MR) is 170 cm³/mol. The van der Waals surface area contributed by atoms with E-state index in [0.29, 0.717) is 29.2 Å². The number of methoxy groups -OCH3 is 2. The van der Waals surface area contributed by atoms with Gasteiger partial charge in [0, 0.05) is 15.4 Å². The Bertz CT molecular complexity index is 1450. The number of rotatable bonds is 10. The third kappa shape index (κ3) is 15.0. The quantitative estimate of drug-likeness (QED) is 0.0702. The molecule has 47 heavy (non-hydrogen) atoms. The van der Waals surface area contributed by atoms with Crippen LogP contribution in [0.5, 0.6) is 11.5 Å². The maximum absolute atomic E-state index is 11.8. The van der Waals surface area contributed by atoms with Crippen LogP contribution in [0.25, 0.3) is 27.0 Å². The molecule has 0 unspecified atom stereocenters. The molecule has 15 heteroatoms. The zero-order valence-electron chi connectivity index (χ0n) is 28.0. The normalized spacial score (nSPS) is 11.7. The number of benzene rings is 2. The number of carbonyl (C=O) groups is 3. The van der Waals surface area contributed by atoms with E-state index in [2.05, 4.69) is 24.8 Å². The van der Waals surface area contributed by atoms with Crippen molar-refractivity contribution in [1.29, 1.82) is 0 Å². The van der Waals surface area contributed by atoms with Crippen LogP contribution in [0.4, 0.5) is 0 Å². The van der Waals surface area contributed by atoms with Gasteiger partial charge in [0.05, 0.1) is 33.0 Å². The van der Waals surface area contributed by atoms with Gasteiger partial charge in [0.15, 0.2) is 6.29 Å². The summed E-state index contributed by atoms with van der Waals surface area (Å²) in [5.41, 5.74) is 22.8. The largest absolute Gasteiger partial charge is 1.00 e. The van der Waals surface area contributed by atoms with Crippen LogP contribution in [0.2, 0.25) is 0 Å². The van der Waals surface area contributed by atoms with Crippen LogP contribution in [-0.4, -0.2) is 58.8 Å². The van der Waals surface area contributed by atoms with E-state index in [0.717, 1.165) is 38.4 Å². The van der Waals surface area contributed by atoms with Crippen molar-refractivity contribution in [3.8, 4) is 11.5 Å². The first kappa shape index (κ1) is 43.0. The molecule has 4 rings (SSSR count). The minimum absolute atomic E-state index is 0. The second-order valence-corrected chi connectivity index (χ2v) is 9.47. The van der Waals surface area contributed by atoms with E-state index in [-0.39, 0.29) is 55.0 Å². The first-order valence-corrected chi connectivity index (χ1v) is 14.8. The zero-order chi connectivity index (χ0) is 34.3. The number of aldehydes is 1. The average Bonchev–Trinajstić information content (AvgIpc) is 3.72. The van der Waals surface area contributed by atoms with Crippen LogP contribution in [0.3, 0.4) is 0 Å². The van der Waals surface area contributed by atoms with Crippen LogP contribution in [0.1, 0.15) is 71.8 Å². The van der Waals surface area contributed by atoms with Crippen LogP contribution < -0.4 is 44.1 Å². The Hall–Kier alpha value is -4.03. The van der Waals surface area contributed by atoms with E-state index in [1.807, 2.05) is 24.3 Å². The molecule has 0 heterocycles. The molecular formula is C32H41N6NaO8. The molecule has 2 aromatic rings. The second-order valence-electron chi connectivity index (χ2n) is 9.47. The number of esters is 2. The van der Waals surface area contributed by atoms with Crippen molar-refractivity contribution in [3.63, 3.8) is 0 Å². The molecule has 0 atom stereocenters. The smallest absolute Gasteiger partial charge is 0.855 e. The van der Waals surface area contributed by atoms with Crippen molar-refractivity contribution >= 4 is 24.3 Å². The van der Waals surface area contributed by atoms with Crippen LogP contribution in [0, 0.1) is 0 Å². The molecular weight excluding hydrogens is 619 g/mol. The van der Waals surface area contributed by atoms with Gasteiger partial charge in [-0.15, -0.1) is 6.61 Å². The van der Waals surface area contributed by atoms with Gasteiger partial charge >= 0.3 is 41.5 Å². The Morgan fingerprint density at radius 2 is 1.30 bits per heavy atom. The van der Waals surface area contributed by atoms with Crippen molar-refractivity contribution in [3.05, 3.63) is 84.2 Å². The summed E-state index contributed by atoms with van der Waals surface area (Å²) in [5, 5.41) is 15.3. The molecule has 2 aromatic carbocycles. The fourth-order valence-corrected chi connectivity index (χ4v) is 4.62. The average molecular weight is 661 g/mol. The fourth-order valence-electron chi connectivity index (χ4n) is 4.62. The molecule has 14 nitrogen and oxygen atoms in total. The third-order valence-corrected chi connectivity index (χ3v) is 6.51. The van der Waals surface area contributed by atoms with Gasteiger partial charge in [-0.05, 0) is 116 Å². The number of nitrogens with zero attached hydrogens (tertiary/aromatic N) is 6. The number of aryl methyl sites for hydroxylation is 4. The number of fused-ring (bicyclic) bond motifs is 2. The summed E-state index contributed by atoms with van der Waals surface area (Å²) in [6, 6.07) is 7.90. The molecule has 2 aliphatic rings. The molecule has 0 aliphatic heterocycles. The minimum Gasteiger partial charge on any atom is -0.855 e. The van der Waals surface area contributed by atoms with Gasteiger partial charge in [-0.3, -0.25) is 9.59 Å². The van der Waals surface area contributed by atoms with Gasteiger partial charge in [-0.25, -0.2) is 4.79 Å². The van der Waals surface area contributed by atoms with Gasteiger partial charge < -0.3 is 24.1 Å². The summed E-state index contributed by atoms with van der Waals surface area (Å²) in [6.45, 7) is 5.28. The minimum atomic E-state index is -0.641. The molecule has 0 saturated carbocycles. The number of ether oxygens (including phenoxy) is 4. The molecule has 248 valence electrons. The molecule has 0 radical (unpaired) electrons. The standard InChI is InChI=1S/C15H17N3O3.C11H12O2.C4H7N3O2.C2H5O.Na/c1-3-21-15(19)13(17-18-16)8-12-7-10-5-4-6-11(10)9-14(12)20-2;1-13-11-6-9-4-2-3-8(9)5-10(11)7-12;1-2-9-4(8)3-6-7-5;1-2-3;/h7-9H,3-6H2,1-2H3;5-7H,2-4H2,1H3;2-3H2,1H3;2H2,1H3;/q;;;-1;+1/b13-8-;;;;. The zero-order valence-corrected chi connectivity index (χ0v) is 30.0. The van der Waals surface area contributed by atoms with Crippen molar-refractivity contribution in [2.24, 2.45) is 10.2 Å². The Kier molecular flexibility index (Phi) is 23.0. The molecule has 0 N–H and O–H groups in total. The Labute approximate surface area is 297 Å². The van der Waals surface area contributed by atoms with E-state index >= 15 is 0 Å². The first-order valence-electron chi connectivity index (χ1n) is 14.8. The molecule has 0 saturated heterocycles. The number of carbonyl (C=O) groups excluding carboxylic acids is 3. The van der Waals surface area contributed by atoms with Gasteiger partial charge in [0.25, 0.3) is 0 Å². The topological polar surface area (TPSA) is 209 Å². The summed E-state index contributed by atoms with van der Waals surface area (Å²) in [7, 11) is 3.18. The van der Waals surface area contributed by atoms with Gasteiger partial charge in [-0.2, -0.15) is 0 Å². The van der Waals surface area contributed by atoms with E-state index in [9.17, 15) is 14.4 Å². The van der Waals surface area contributed by atoms with Crippen LogP contribution in [0.15, 0.2) is 40.2 Å². The van der Waals surface area contributed by atoms with Gasteiger partial charge in [0.1, 0.15) is 23.7 Å². The summed E-state index contributed by atoms with van der Waals surface area (Å²) in [5.74, 6) is 0.231. The van der Waals surface area contributed by atoms with Crippen LogP contribution >= 0.6 is 0 Å². The summed E-state index contributed by atoms with van der Waals surface area (Å²) in [6.07, 6.45) is 8.94. The van der Waals surface area contributed by atoms with E-state index in [1.54, 1.807) is 35.0 Å². The molecule has 0 bridgehead atoms. The molecule has 0 fully saturated rings. The van der Waals surface area contributed by atoms with Gasteiger partial charge in [-0.1, -0.05) is 17.2 Å². The summed E-state index contributed by atoms with van der Waals surface area (Å²) >= 11 is 0. The van der Waals surface area contributed by atoms with E-state index < -0.39 is 11.9 Å². The Balaban J connectivity index is 0.000000696. The van der Waals surface area contributed by atoms with Crippen molar-refractivity contribution in [2.45, 2.75) is 59.3 Å². The van der Waals surface area contributed by atoms with Crippen molar-refractivity contribution in [1.82, 2.24) is 0 Å². The molecule has 0 spiro atoms. The summed E-state index contributed by atoms with van der Waals surface area (Å²) in [4.78, 5) is 37.9.